The zero-order valence-electron chi connectivity index (χ0n) is 14.9. The molecule has 1 aliphatic heterocycles. The predicted molar refractivity (Wildman–Crippen MR) is 89.5 cm³/mol. The van der Waals surface area contributed by atoms with Gasteiger partial charge >= 0.3 is 12.1 Å². The van der Waals surface area contributed by atoms with Crippen LogP contribution in [0, 0.1) is 0 Å². The van der Waals surface area contributed by atoms with E-state index in [-0.39, 0.29) is 12.2 Å². The average molecular weight is 393 g/mol. The Labute approximate surface area is 154 Å². The van der Waals surface area contributed by atoms with Gasteiger partial charge < -0.3 is 14.9 Å². The van der Waals surface area contributed by atoms with Crippen molar-refractivity contribution in [3.63, 3.8) is 0 Å². The lowest BCUT2D eigenvalue weighted by Gasteiger charge is -2.47. The van der Waals surface area contributed by atoms with Crippen molar-refractivity contribution in [2.45, 2.75) is 50.6 Å². The van der Waals surface area contributed by atoms with Crippen LogP contribution in [-0.2, 0) is 22.4 Å². The molecule has 1 saturated heterocycles. The zero-order chi connectivity index (χ0) is 20.2. The van der Waals surface area contributed by atoms with Gasteiger partial charge in [0, 0.05) is 19.0 Å². The number of halogens is 4. The van der Waals surface area contributed by atoms with E-state index in [0.29, 0.717) is 24.8 Å². The number of hydrogen-bond donors (Lipinski definition) is 2. The van der Waals surface area contributed by atoms with Crippen LogP contribution in [0.15, 0.2) is 18.2 Å². The molecule has 152 valence electrons. The van der Waals surface area contributed by atoms with Crippen LogP contribution in [0.1, 0.15) is 24.5 Å². The van der Waals surface area contributed by atoms with Crippen molar-refractivity contribution < 1.29 is 37.3 Å². The Balaban J connectivity index is 0.000000321. The van der Waals surface area contributed by atoms with Gasteiger partial charge in [-0.2, -0.15) is 13.2 Å². The van der Waals surface area contributed by atoms with Crippen LogP contribution in [0.25, 0.3) is 0 Å². The number of nitrogens with zero attached hydrogens (tertiary/aromatic N) is 1. The first-order valence-corrected chi connectivity index (χ1v) is 8.72. The topological polar surface area (TPSA) is 70.0 Å². The van der Waals surface area contributed by atoms with E-state index in [4.69, 9.17) is 14.6 Å². The fourth-order valence-electron chi connectivity index (χ4n) is 3.56. The van der Waals surface area contributed by atoms with Crippen molar-refractivity contribution in [2.75, 3.05) is 19.8 Å². The van der Waals surface area contributed by atoms with Gasteiger partial charge in [0.2, 0.25) is 0 Å². The molecule has 0 aromatic heterocycles. The molecule has 1 aromatic rings. The fourth-order valence-corrected chi connectivity index (χ4v) is 3.56. The Morgan fingerprint density at radius 1 is 1.33 bits per heavy atom. The van der Waals surface area contributed by atoms with Gasteiger partial charge in [-0.25, -0.2) is 9.18 Å². The van der Waals surface area contributed by atoms with Crippen LogP contribution in [0.4, 0.5) is 17.6 Å². The van der Waals surface area contributed by atoms with Crippen LogP contribution in [-0.4, -0.2) is 65.3 Å². The Kier molecular flexibility index (Phi) is 7.05. The molecule has 0 saturated carbocycles. The number of ether oxygens (including phenoxy) is 1. The molecule has 1 heterocycles. The molecular weight excluding hydrogens is 370 g/mol. The summed E-state index contributed by atoms with van der Waals surface area (Å²) >= 11 is 0. The lowest BCUT2D eigenvalue weighted by atomic mass is 9.83. The van der Waals surface area contributed by atoms with E-state index in [1.54, 1.807) is 6.07 Å². The van der Waals surface area contributed by atoms with Gasteiger partial charge in [0.05, 0.1) is 12.2 Å². The van der Waals surface area contributed by atoms with Gasteiger partial charge in [0.25, 0.3) is 0 Å². The summed E-state index contributed by atoms with van der Waals surface area (Å²) in [6.07, 6.45) is -2.78. The largest absolute Gasteiger partial charge is 0.508 e. The second kappa shape index (κ2) is 8.88. The van der Waals surface area contributed by atoms with Crippen molar-refractivity contribution >= 4 is 5.97 Å². The van der Waals surface area contributed by atoms with Gasteiger partial charge in [-0.15, -0.1) is 0 Å². The number of aromatic hydroxyl groups is 1. The van der Waals surface area contributed by atoms with E-state index in [0.717, 1.165) is 24.9 Å². The summed E-state index contributed by atoms with van der Waals surface area (Å²) in [4.78, 5) is 11.3. The Hall–Kier alpha value is -1.87. The summed E-state index contributed by atoms with van der Waals surface area (Å²) in [6, 6.07) is 6.01. The Morgan fingerprint density at radius 2 is 2.00 bits per heavy atom. The van der Waals surface area contributed by atoms with Crippen LogP contribution < -0.4 is 0 Å². The molecule has 2 aliphatic rings. The second-order valence-corrected chi connectivity index (χ2v) is 6.64. The molecule has 5 nitrogen and oxygen atoms in total. The number of fused-ring (bicyclic) bond motifs is 2. The normalized spacial score (nSPS) is 25.0. The average Bonchev–Trinajstić information content (AvgIpc) is 2.61. The molecule has 9 heteroatoms. The SMILES string of the molecule is CCCN1C[C@H](CF)O[C@@H]2Cc3c(O)cccc3C[C@H]21.O=C(O)C(F)(F)F. The summed E-state index contributed by atoms with van der Waals surface area (Å²) in [7, 11) is 0. The molecule has 0 unspecified atom stereocenters. The van der Waals surface area contributed by atoms with Gasteiger partial charge in [-0.1, -0.05) is 19.1 Å². The first kappa shape index (κ1) is 21.4. The third-order valence-corrected chi connectivity index (χ3v) is 4.71. The maximum absolute atomic E-state index is 13.0. The number of benzene rings is 1. The number of rotatable bonds is 3. The number of carboxylic acids is 1. The number of morpholine rings is 1. The smallest absolute Gasteiger partial charge is 0.490 e. The zero-order valence-corrected chi connectivity index (χ0v) is 14.9. The van der Waals surface area contributed by atoms with Gasteiger partial charge in [-0.3, -0.25) is 4.90 Å². The van der Waals surface area contributed by atoms with Gasteiger partial charge in [0.15, 0.2) is 0 Å². The third kappa shape index (κ3) is 5.32. The number of carboxylic acid groups (broad SMARTS) is 1. The minimum absolute atomic E-state index is 0.00292. The summed E-state index contributed by atoms with van der Waals surface area (Å²) in [6.45, 7) is 3.38. The minimum atomic E-state index is -5.08. The summed E-state index contributed by atoms with van der Waals surface area (Å²) in [5.74, 6) is -2.42. The lowest BCUT2D eigenvalue weighted by molar-refractivity contribution is -0.192. The van der Waals surface area contributed by atoms with E-state index >= 15 is 0 Å². The number of alkyl halides is 4. The molecule has 3 atom stereocenters. The summed E-state index contributed by atoms with van der Waals surface area (Å²) in [5.41, 5.74) is 2.18. The second-order valence-electron chi connectivity index (χ2n) is 6.64. The molecule has 0 radical (unpaired) electrons. The number of carbonyl (C=O) groups is 1. The number of hydrogen-bond acceptors (Lipinski definition) is 4. The van der Waals surface area contributed by atoms with Crippen LogP contribution in [0.3, 0.4) is 0 Å². The molecule has 2 N–H and O–H groups in total. The minimum Gasteiger partial charge on any atom is -0.508 e. The Morgan fingerprint density at radius 3 is 2.56 bits per heavy atom. The first-order valence-electron chi connectivity index (χ1n) is 8.72. The highest BCUT2D eigenvalue weighted by Gasteiger charge is 2.40. The van der Waals surface area contributed by atoms with Gasteiger partial charge in [-0.05, 0) is 36.6 Å². The molecule has 1 fully saturated rings. The Bertz CT molecular complexity index is 653. The number of aliphatic carboxylic acids is 1. The third-order valence-electron chi connectivity index (χ3n) is 4.71. The predicted octanol–water partition coefficient (Wildman–Crippen LogP) is 2.94. The van der Waals surface area contributed by atoms with Crippen LogP contribution in [0.5, 0.6) is 5.75 Å². The summed E-state index contributed by atoms with van der Waals surface area (Å²) in [5, 5.41) is 17.1. The van der Waals surface area contributed by atoms with Crippen molar-refractivity contribution in [3.05, 3.63) is 29.3 Å². The fraction of sp³-hybridized carbons (Fsp3) is 0.611. The van der Waals surface area contributed by atoms with Crippen molar-refractivity contribution in [1.29, 1.82) is 0 Å². The molecule has 0 bridgehead atoms. The lowest BCUT2D eigenvalue weighted by Crippen LogP contribution is -2.58. The molecule has 3 rings (SSSR count). The molecular formula is C18H23F4NO4. The standard InChI is InChI=1S/C16H22FNO2.C2HF3O2/c1-2-6-18-10-12(9-17)20-16-8-13-11(7-14(16)18)4-3-5-15(13)19;3-2(4,5)1(6)7/h3-5,12,14,16,19H,2,6-10H2,1H3;(H,6,7)/t12-,14+,16+;/m0./s1. The maximum atomic E-state index is 13.0. The van der Waals surface area contributed by atoms with E-state index in [9.17, 15) is 22.7 Å². The van der Waals surface area contributed by atoms with E-state index < -0.39 is 18.8 Å². The monoisotopic (exact) mass is 393 g/mol. The van der Waals surface area contributed by atoms with E-state index in [1.165, 1.54) is 5.56 Å². The van der Waals surface area contributed by atoms with Crippen molar-refractivity contribution in [1.82, 2.24) is 4.90 Å². The van der Waals surface area contributed by atoms with Gasteiger partial charge in [0.1, 0.15) is 12.4 Å². The molecule has 1 aliphatic carbocycles. The van der Waals surface area contributed by atoms with Crippen molar-refractivity contribution in [3.8, 4) is 5.75 Å². The highest BCUT2D eigenvalue weighted by atomic mass is 19.4. The molecule has 27 heavy (non-hydrogen) atoms. The van der Waals surface area contributed by atoms with E-state index in [2.05, 4.69) is 17.9 Å². The molecule has 0 amide bonds. The molecule has 0 spiro atoms. The first-order chi connectivity index (χ1) is 12.7. The quantitative estimate of drug-likeness (QED) is 0.773. The highest BCUT2D eigenvalue weighted by molar-refractivity contribution is 5.73. The maximum Gasteiger partial charge on any atom is 0.490 e. The van der Waals surface area contributed by atoms with E-state index in [1.807, 2.05) is 6.07 Å². The summed E-state index contributed by atoms with van der Waals surface area (Å²) < 4.78 is 50.7. The van der Waals surface area contributed by atoms with Crippen LogP contribution >= 0.6 is 0 Å². The number of phenols is 1. The number of phenolic OH excluding ortho intramolecular Hbond substituents is 1. The highest BCUT2D eigenvalue weighted by Crippen LogP contribution is 2.34. The van der Waals surface area contributed by atoms with Crippen LogP contribution in [0.2, 0.25) is 0 Å². The molecule has 1 aromatic carbocycles. The van der Waals surface area contributed by atoms with Crippen molar-refractivity contribution in [2.24, 2.45) is 0 Å².